The summed E-state index contributed by atoms with van der Waals surface area (Å²) in [5.41, 5.74) is 0.107. The molecule has 1 heterocycles. The number of aliphatic hydroxyl groups is 1. The summed E-state index contributed by atoms with van der Waals surface area (Å²) < 4.78 is 1.44. The Kier molecular flexibility index (Phi) is 5.38. The van der Waals surface area contributed by atoms with Crippen molar-refractivity contribution in [3.63, 3.8) is 0 Å². The van der Waals surface area contributed by atoms with Crippen molar-refractivity contribution in [2.45, 2.75) is 44.7 Å². The smallest absolute Gasteiger partial charge is 0.352 e. The number of aromatic carboxylic acids is 1. The molecule has 0 bridgehead atoms. The highest BCUT2D eigenvalue weighted by atomic mass is 16.4. The number of carbonyl (C=O) groups is 2. The van der Waals surface area contributed by atoms with E-state index in [1.165, 1.54) is 17.1 Å². The molecule has 6 heteroatoms. The fraction of sp³-hybridized carbons (Fsp3) is 0.600. The SMILES string of the molecule is O=C(O)c1cccn1CC(=O)N(CCO)C1CCCCC1. The minimum absolute atomic E-state index is 0.00509. The van der Waals surface area contributed by atoms with E-state index in [0.29, 0.717) is 6.54 Å². The van der Waals surface area contributed by atoms with Crippen molar-refractivity contribution < 1.29 is 19.8 Å². The Bertz CT molecular complexity index is 492. The largest absolute Gasteiger partial charge is 0.477 e. The molecular weight excluding hydrogens is 272 g/mol. The van der Waals surface area contributed by atoms with Crippen molar-refractivity contribution in [2.24, 2.45) is 0 Å². The lowest BCUT2D eigenvalue weighted by Gasteiger charge is -2.34. The van der Waals surface area contributed by atoms with Crippen molar-refractivity contribution >= 4 is 11.9 Å². The van der Waals surface area contributed by atoms with Crippen LogP contribution in [-0.2, 0) is 11.3 Å². The third-order valence-corrected chi connectivity index (χ3v) is 4.03. The summed E-state index contributed by atoms with van der Waals surface area (Å²) in [5.74, 6) is -1.17. The average Bonchev–Trinajstić information content (AvgIpc) is 2.94. The zero-order valence-electron chi connectivity index (χ0n) is 12.1. The van der Waals surface area contributed by atoms with E-state index in [9.17, 15) is 14.7 Å². The molecule has 1 amide bonds. The second kappa shape index (κ2) is 7.26. The maximum Gasteiger partial charge on any atom is 0.352 e. The zero-order chi connectivity index (χ0) is 15.2. The summed E-state index contributed by atoms with van der Waals surface area (Å²) in [5, 5.41) is 18.3. The first-order chi connectivity index (χ1) is 10.1. The van der Waals surface area contributed by atoms with E-state index in [1.807, 2.05) is 0 Å². The maximum absolute atomic E-state index is 12.5. The number of carboxylic acid groups (broad SMARTS) is 1. The summed E-state index contributed by atoms with van der Waals surface area (Å²) in [6.45, 7) is 0.248. The minimum Gasteiger partial charge on any atom is -0.477 e. The molecule has 0 atom stereocenters. The predicted octanol–water partition coefficient (Wildman–Crippen LogP) is 1.34. The molecule has 1 aliphatic carbocycles. The van der Waals surface area contributed by atoms with E-state index < -0.39 is 5.97 Å². The normalized spacial score (nSPS) is 15.9. The quantitative estimate of drug-likeness (QED) is 0.829. The van der Waals surface area contributed by atoms with Gasteiger partial charge in [-0.2, -0.15) is 0 Å². The molecule has 1 aromatic heterocycles. The van der Waals surface area contributed by atoms with Crippen molar-refractivity contribution in [1.29, 1.82) is 0 Å². The van der Waals surface area contributed by atoms with Crippen LogP contribution in [0.5, 0.6) is 0 Å². The highest BCUT2D eigenvalue weighted by Gasteiger charge is 2.25. The number of amides is 1. The Morgan fingerprint density at radius 3 is 2.62 bits per heavy atom. The number of hydrogen-bond acceptors (Lipinski definition) is 3. The number of rotatable bonds is 6. The lowest BCUT2D eigenvalue weighted by Crippen LogP contribution is -2.44. The molecule has 1 fully saturated rings. The number of nitrogens with zero attached hydrogens (tertiary/aromatic N) is 2. The fourth-order valence-corrected chi connectivity index (χ4v) is 2.99. The van der Waals surface area contributed by atoms with E-state index in [0.717, 1.165) is 25.7 Å². The van der Waals surface area contributed by atoms with Gasteiger partial charge in [-0.15, -0.1) is 0 Å². The number of aromatic nitrogens is 1. The molecule has 0 aromatic carbocycles. The number of carbonyl (C=O) groups excluding carboxylic acids is 1. The molecule has 2 rings (SSSR count). The lowest BCUT2D eigenvalue weighted by molar-refractivity contribution is -0.135. The van der Waals surface area contributed by atoms with Crippen LogP contribution in [-0.4, -0.2) is 50.8 Å². The Balaban J connectivity index is 2.07. The molecule has 116 valence electrons. The molecule has 6 nitrogen and oxygen atoms in total. The molecule has 0 aliphatic heterocycles. The molecule has 2 N–H and O–H groups in total. The van der Waals surface area contributed by atoms with E-state index in [4.69, 9.17) is 5.11 Å². The fourth-order valence-electron chi connectivity index (χ4n) is 2.99. The van der Waals surface area contributed by atoms with Gasteiger partial charge in [0.15, 0.2) is 0 Å². The number of hydrogen-bond donors (Lipinski definition) is 2. The molecule has 1 aromatic rings. The summed E-state index contributed by atoms with van der Waals surface area (Å²) in [6, 6.07) is 3.27. The Morgan fingerprint density at radius 2 is 2.00 bits per heavy atom. The van der Waals surface area contributed by atoms with Gasteiger partial charge in [0.05, 0.1) is 6.61 Å². The molecule has 21 heavy (non-hydrogen) atoms. The topological polar surface area (TPSA) is 82.8 Å². The molecule has 1 saturated carbocycles. The van der Waals surface area contributed by atoms with Gasteiger partial charge in [0, 0.05) is 18.8 Å². The second-order valence-corrected chi connectivity index (χ2v) is 5.43. The first kappa shape index (κ1) is 15.6. The molecular formula is C15H22N2O4. The van der Waals surface area contributed by atoms with Crippen LogP contribution >= 0.6 is 0 Å². The van der Waals surface area contributed by atoms with Crippen LogP contribution < -0.4 is 0 Å². The highest BCUT2D eigenvalue weighted by Crippen LogP contribution is 2.23. The van der Waals surface area contributed by atoms with E-state index >= 15 is 0 Å². The van der Waals surface area contributed by atoms with Gasteiger partial charge in [-0.3, -0.25) is 4.79 Å². The molecule has 0 radical (unpaired) electrons. The third kappa shape index (κ3) is 3.85. The average molecular weight is 294 g/mol. The predicted molar refractivity (Wildman–Crippen MR) is 77.1 cm³/mol. The zero-order valence-corrected chi connectivity index (χ0v) is 12.1. The molecule has 0 unspecified atom stereocenters. The third-order valence-electron chi connectivity index (χ3n) is 4.03. The van der Waals surface area contributed by atoms with Gasteiger partial charge in [-0.25, -0.2) is 4.79 Å². The summed E-state index contributed by atoms with van der Waals surface area (Å²) in [7, 11) is 0. The molecule has 0 spiro atoms. The maximum atomic E-state index is 12.5. The standard InChI is InChI=1S/C15H22N2O4/c18-10-9-17(12-5-2-1-3-6-12)14(19)11-16-8-4-7-13(16)15(20)21/h4,7-8,12,18H,1-3,5-6,9-11H2,(H,20,21). The monoisotopic (exact) mass is 294 g/mol. The van der Waals surface area contributed by atoms with Crippen molar-refractivity contribution in [3.05, 3.63) is 24.0 Å². The van der Waals surface area contributed by atoms with Crippen LogP contribution in [0.1, 0.15) is 42.6 Å². The Morgan fingerprint density at radius 1 is 1.29 bits per heavy atom. The van der Waals surface area contributed by atoms with Crippen LogP contribution in [0, 0.1) is 0 Å². The van der Waals surface area contributed by atoms with Crippen molar-refractivity contribution in [3.8, 4) is 0 Å². The minimum atomic E-state index is -1.04. The van der Waals surface area contributed by atoms with Gasteiger partial charge in [0.2, 0.25) is 5.91 Å². The van der Waals surface area contributed by atoms with Gasteiger partial charge in [0.1, 0.15) is 12.2 Å². The molecule has 0 saturated heterocycles. The van der Waals surface area contributed by atoms with Crippen LogP contribution in [0.2, 0.25) is 0 Å². The summed E-state index contributed by atoms with van der Waals surface area (Å²) in [4.78, 5) is 25.3. The van der Waals surface area contributed by atoms with Gasteiger partial charge in [0.25, 0.3) is 0 Å². The lowest BCUT2D eigenvalue weighted by atomic mass is 9.94. The summed E-state index contributed by atoms with van der Waals surface area (Å²) in [6.07, 6.45) is 6.91. The molecule has 1 aliphatic rings. The Hall–Kier alpha value is -1.82. The van der Waals surface area contributed by atoms with Gasteiger partial charge in [-0.1, -0.05) is 19.3 Å². The van der Waals surface area contributed by atoms with Crippen LogP contribution in [0.4, 0.5) is 0 Å². The van der Waals surface area contributed by atoms with E-state index in [1.54, 1.807) is 17.2 Å². The van der Waals surface area contributed by atoms with Gasteiger partial charge in [-0.05, 0) is 25.0 Å². The second-order valence-electron chi connectivity index (χ2n) is 5.43. The number of carboxylic acids is 1. The van der Waals surface area contributed by atoms with E-state index in [2.05, 4.69) is 0 Å². The summed E-state index contributed by atoms with van der Waals surface area (Å²) >= 11 is 0. The first-order valence-electron chi connectivity index (χ1n) is 7.42. The van der Waals surface area contributed by atoms with Gasteiger partial charge >= 0.3 is 5.97 Å². The van der Waals surface area contributed by atoms with Crippen LogP contribution in [0.15, 0.2) is 18.3 Å². The van der Waals surface area contributed by atoms with E-state index in [-0.39, 0.29) is 30.8 Å². The Labute approximate surface area is 124 Å². The van der Waals surface area contributed by atoms with Crippen LogP contribution in [0.3, 0.4) is 0 Å². The highest BCUT2D eigenvalue weighted by molar-refractivity contribution is 5.87. The van der Waals surface area contributed by atoms with Crippen LogP contribution in [0.25, 0.3) is 0 Å². The first-order valence-corrected chi connectivity index (χ1v) is 7.42. The van der Waals surface area contributed by atoms with Crippen molar-refractivity contribution in [2.75, 3.05) is 13.2 Å². The van der Waals surface area contributed by atoms with Gasteiger partial charge < -0.3 is 19.7 Å². The van der Waals surface area contributed by atoms with Crippen molar-refractivity contribution in [1.82, 2.24) is 9.47 Å². The number of aliphatic hydroxyl groups excluding tert-OH is 1.